The summed E-state index contributed by atoms with van der Waals surface area (Å²) < 4.78 is 5.32. The molecule has 0 saturated heterocycles. The number of ether oxygens (including phenoxy) is 1. The molecule has 0 radical (unpaired) electrons. The fourth-order valence-corrected chi connectivity index (χ4v) is 2.62. The van der Waals surface area contributed by atoms with Crippen molar-refractivity contribution in [3.63, 3.8) is 0 Å². The van der Waals surface area contributed by atoms with Gasteiger partial charge in [0.05, 0.1) is 0 Å². The molecule has 0 bridgehead atoms. The van der Waals surface area contributed by atoms with Gasteiger partial charge in [0.15, 0.2) is 5.96 Å². The Balaban J connectivity index is 2.04. The van der Waals surface area contributed by atoms with Gasteiger partial charge in [-0.15, -0.1) is 0 Å². The van der Waals surface area contributed by atoms with Crippen molar-refractivity contribution in [2.45, 2.75) is 46.3 Å². The number of nitrogens with zero attached hydrogens (tertiary/aromatic N) is 2. The molecule has 5 heteroatoms. The smallest absolute Gasteiger partial charge is 0.328 e. The molecule has 5 nitrogen and oxygen atoms in total. The highest BCUT2D eigenvalue weighted by Gasteiger charge is 2.20. The van der Waals surface area contributed by atoms with Crippen molar-refractivity contribution in [3.05, 3.63) is 35.4 Å². The summed E-state index contributed by atoms with van der Waals surface area (Å²) >= 11 is 0. The number of fused-ring (bicyclic) bond motifs is 1. The summed E-state index contributed by atoms with van der Waals surface area (Å²) in [6.07, 6.45) is 0.993. The quantitative estimate of drug-likeness (QED) is 0.528. The summed E-state index contributed by atoms with van der Waals surface area (Å²) in [6.45, 7) is 10.1. The van der Waals surface area contributed by atoms with Crippen LogP contribution in [0, 0.1) is 0 Å². The Labute approximate surface area is 138 Å². The van der Waals surface area contributed by atoms with Crippen LogP contribution in [-0.4, -0.2) is 42.1 Å². The van der Waals surface area contributed by atoms with Crippen molar-refractivity contribution in [1.29, 1.82) is 0 Å². The second-order valence-corrected chi connectivity index (χ2v) is 6.70. The number of hydrogen-bond acceptors (Lipinski definition) is 3. The monoisotopic (exact) mass is 317 g/mol. The zero-order chi connectivity index (χ0) is 16.9. The standard InChI is InChI=1S/C18H27N3O2/c1-5-19-17(20-12-16(22)23-18(2,3)4)21-11-10-14-8-6-7-9-15(14)13-21/h6-9H,5,10-13H2,1-4H3,(H,19,20). The van der Waals surface area contributed by atoms with Crippen molar-refractivity contribution >= 4 is 11.9 Å². The molecule has 23 heavy (non-hydrogen) atoms. The van der Waals surface area contributed by atoms with Gasteiger partial charge in [-0.1, -0.05) is 24.3 Å². The molecular weight excluding hydrogens is 290 g/mol. The van der Waals surface area contributed by atoms with E-state index in [1.54, 1.807) is 0 Å². The Morgan fingerprint density at radius 3 is 2.65 bits per heavy atom. The van der Waals surface area contributed by atoms with E-state index in [-0.39, 0.29) is 12.5 Å². The van der Waals surface area contributed by atoms with Crippen molar-refractivity contribution in [2.24, 2.45) is 4.99 Å². The third-order valence-electron chi connectivity index (χ3n) is 3.54. The highest BCUT2D eigenvalue weighted by atomic mass is 16.6. The van der Waals surface area contributed by atoms with Crippen molar-refractivity contribution in [1.82, 2.24) is 10.2 Å². The predicted octanol–water partition coefficient (Wildman–Crippen LogP) is 2.35. The third-order valence-corrected chi connectivity index (χ3v) is 3.54. The van der Waals surface area contributed by atoms with Crippen LogP contribution in [-0.2, 0) is 22.5 Å². The van der Waals surface area contributed by atoms with E-state index in [1.165, 1.54) is 11.1 Å². The minimum atomic E-state index is -0.477. The lowest BCUT2D eigenvalue weighted by Crippen LogP contribution is -2.44. The van der Waals surface area contributed by atoms with E-state index >= 15 is 0 Å². The molecule has 0 atom stereocenters. The van der Waals surface area contributed by atoms with Crippen LogP contribution in [0.5, 0.6) is 0 Å². The maximum Gasteiger partial charge on any atom is 0.328 e. The SMILES string of the molecule is CCNC(=NCC(=O)OC(C)(C)C)N1CCc2ccccc2C1. The number of aliphatic imine (C=N–C) groups is 1. The van der Waals surface area contributed by atoms with Crippen LogP contribution in [0.3, 0.4) is 0 Å². The molecule has 1 aliphatic heterocycles. The summed E-state index contributed by atoms with van der Waals surface area (Å²) in [5, 5.41) is 3.27. The van der Waals surface area contributed by atoms with E-state index in [2.05, 4.69) is 39.5 Å². The number of benzene rings is 1. The Morgan fingerprint density at radius 1 is 1.30 bits per heavy atom. The molecule has 0 aromatic heterocycles. The number of esters is 1. The number of hydrogen-bond donors (Lipinski definition) is 1. The van der Waals surface area contributed by atoms with E-state index in [0.29, 0.717) is 0 Å². The minimum absolute atomic E-state index is 0.0394. The summed E-state index contributed by atoms with van der Waals surface area (Å²) in [6, 6.07) is 8.47. The first kappa shape index (κ1) is 17.3. The lowest BCUT2D eigenvalue weighted by Gasteiger charge is -2.31. The predicted molar refractivity (Wildman–Crippen MR) is 92.4 cm³/mol. The van der Waals surface area contributed by atoms with Crippen molar-refractivity contribution in [3.8, 4) is 0 Å². The molecule has 0 saturated carbocycles. The number of rotatable bonds is 3. The van der Waals surface area contributed by atoms with Crippen molar-refractivity contribution < 1.29 is 9.53 Å². The Hall–Kier alpha value is -2.04. The zero-order valence-electron chi connectivity index (χ0n) is 14.6. The van der Waals surface area contributed by atoms with Gasteiger partial charge in [-0.25, -0.2) is 4.99 Å². The average Bonchev–Trinajstić information content (AvgIpc) is 2.49. The fraction of sp³-hybridized carbons (Fsp3) is 0.556. The first-order chi connectivity index (χ1) is 10.9. The van der Waals surface area contributed by atoms with E-state index in [9.17, 15) is 4.79 Å². The highest BCUT2D eigenvalue weighted by molar-refractivity contribution is 5.83. The Kier molecular flexibility index (Phi) is 5.64. The number of carbonyl (C=O) groups excluding carboxylic acids is 1. The molecule has 0 amide bonds. The van der Waals surface area contributed by atoms with Gasteiger partial charge < -0.3 is 15.0 Å². The van der Waals surface area contributed by atoms with E-state index in [0.717, 1.165) is 32.0 Å². The zero-order valence-corrected chi connectivity index (χ0v) is 14.6. The molecule has 0 unspecified atom stereocenters. The van der Waals surface area contributed by atoms with Crippen molar-refractivity contribution in [2.75, 3.05) is 19.6 Å². The van der Waals surface area contributed by atoms with Gasteiger partial charge >= 0.3 is 5.97 Å². The summed E-state index contributed by atoms with van der Waals surface area (Å²) in [5.41, 5.74) is 2.24. The van der Waals surface area contributed by atoms with Crippen LogP contribution in [0.1, 0.15) is 38.8 Å². The van der Waals surface area contributed by atoms with Crippen LogP contribution >= 0.6 is 0 Å². The van der Waals surface area contributed by atoms with Gasteiger partial charge in [-0.05, 0) is 45.2 Å². The molecule has 0 fully saturated rings. The first-order valence-electron chi connectivity index (χ1n) is 8.21. The molecule has 126 valence electrons. The lowest BCUT2D eigenvalue weighted by molar-refractivity contribution is -0.152. The Bertz CT molecular complexity index is 576. The maximum absolute atomic E-state index is 11.9. The van der Waals surface area contributed by atoms with Gasteiger partial charge in [0.25, 0.3) is 0 Å². The fourth-order valence-electron chi connectivity index (χ4n) is 2.62. The third kappa shape index (κ3) is 5.27. The minimum Gasteiger partial charge on any atom is -0.459 e. The summed E-state index contributed by atoms with van der Waals surface area (Å²) in [7, 11) is 0. The van der Waals surface area contributed by atoms with Gasteiger partial charge in [-0.2, -0.15) is 0 Å². The number of nitrogens with one attached hydrogen (secondary N) is 1. The van der Waals surface area contributed by atoms with E-state index < -0.39 is 5.60 Å². The van der Waals surface area contributed by atoms with Crippen LogP contribution < -0.4 is 5.32 Å². The molecule has 1 N–H and O–H groups in total. The molecule has 0 aliphatic carbocycles. The average molecular weight is 317 g/mol. The highest BCUT2D eigenvalue weighted by Crippen LogP contribution is 2.18. The molecule has 1 heterocycles. The maximum atomic E-state index is 11.9. The van der Waals surface area contributed by atoms with Gasteiger partial charge in [0, 0.05) is 19.6 Å². The topological polar surface area (TPSA) is 53.9 Å². The van der Waals surface area contributed by atoms with Crippen LogP contribution in [0.15, 0.2) is 29.3 Å². The molecule has 1 aromatic rings. The van der Waals surface area contributed by atoms with E-state index in [4.69, 9.17) is 4.74 Å². The van der Waals surface area contributed by atoms with Crippen LogP contribution in [0.25, 0.3) is 0 Å². The second-order valence-electron chi connectivity index (χ2n) is 6.70. The molecule has 1 aliphatic rings. The summed E-state index contributed by atoms with van der Waals surface area (Å²) in [5.74, 6) is 0.471. The Morgan fingerprint density at radius 2 is 2.00 bits per heavy atom. The van der Waals surface area contributed by atoms with Gasteiger partial charge in [0.1, 0.15) is 12.1 Å². The molecule has 1 aromatic carbocycles. The first-order valence-corrected chi connectivity index (χ1v) is 8.21. The lowest BCUT2D eigenvalue weighted by atomic mass is 10.0. The summed E-state index contributed by atoms with van der Waals surface area (Å²) in [4.78, 5) is 18.5. The van der Waals surface area contributed by atoms with Crippen LogP contribution in [0.4, 0.5) is 0 Å². The second kappa shape index (κ2) is 7.49. The molecule has 2 rings (SSSR count). The van der Waals surface area contributed by atoms with E-state index in [1.807, 2.05) is 27.7 Å². The largest absolute Gasteiger partial charge is 0.459 e. The normalized spacial score (nSPS) is 15.1. The molecule has 0 spiro atoms. The van der Waals surface area contributed by atoms with Gasteiger partial charge in [0.2, 0.25) is 0 Å². The molecular formula is C18H27N3O2. The van der Waals surface area contributed by atoms with Gasteiger partial charge in [-0.3, -0.25) is 4.79 Å². The number of carbonyl (C=O) groups is 1. The number of guanidine groups is 1. The van der Waals surface area contributed by atoms with Crippen LogP contribution in [0.2, 0.25) is 0 Å².